The summed E-state index contributed by atoms with van der Waals surface area (Å²) in [7, 11) is 1.64. The van der Waals surface area contributed by atoms with Crippen molar-refractivity contribution in [2.75, 3.05) is 33.4 Å². The van der Waals surface area contributed by atoms with E-state index in [0.717, 1.165) is 25.8 Å². The van der Waals surface area contributed by atoms with Crippen LogP contribution in [0.3, 0.4) is 0 Å². The quantitative estimate of drug-likeness (QED) is 0.646. The molecule has 1 fully saturated rings. The van der Waals surface area contributed by atoms with Gasteiger partial charge >= 0.3 is 0 Å². The third kappa shape index (κ3) is 6.68. The Balaban J connectivity index is 2.24. The van der Waals surface area contributed by atoms with Crippen LogP contribution in [0.2, 0.25) is 0 Å². The number of aliphatic hydroxyl groups is 2. The van der Waals surface area contributed by atoms with Gasteiger partial charge in [0.1, 0.15) is 0 Å². The number of aliphatic hydroxyl groups excluding tert-OH is 2. The van der Waals surface area contributed by atoms with E-state index >= 15 is 0 Å². The lowest BCUT2D eigenvalue weighted by Gasteiger charge is -2.28. The van der Waals surface area contributed by atoms with Gasteiger partial charge < -0.3 is 19.7 Å². The molecule has 19 heavy (non-hydrogen) atoms. The van der Waals surface area contributed by atoms with Crippen molar-refractivity contribution in [2.24, 2.45) is 0 Å². The van der Waals surface area contributed by atoms with Gasteiger partial charge in [-0.15, -0.1) is 0 Å². The molecule has 0 aromatic heterocycles. The zero-order valence-electron chi connectivity index (χ0n) is 12.4. The van der Waals surface area contributed by atoms with Gasteiger partial charge in [0.15, 0.2) is 0 Å². The van der Waals surface area contributed by atoms with E-state index in [4.69, 9.17) is 9.47 Å². The number of likely N-dealkylation sites (tertiary alicyclic amines) is 1. The first-order valence-corrected chi connectivity index (χ1v) is 7.23. The molecule has 0 bridgehead atoms. The van der Waals surface area contributed by atoms with E-state index in [9.17, 15) is 10.2 Å². The van der Waals surface area contributed by atoms with Crippen LogP contribution in [-0.2, 0) is 9.47 Å². The van der Waals surface area contributed by atoms with E-state index in [0.29, 0.717) is 25.8 Å². The number of rotatable bonds is 9. The third-order valence-electron chi connectivity index (χ3n) is 3.53. The number of methoxy groups -OCH3 is 1. The van der Waals surface area contributed by atoms with Crippen molar-refractivity contribution in [3.8, 4) is 0 Å². The fraction of sp³-hybridized carbons (Fsp3) is 1.00. The third-order valence-corrected chi connectivity index (χ3v) is 3.53. The minimum Gasteiger partial charge on any atom is -0.393 e. The lowest BCUT2D eigenvalue weighted by Crippen LogP contribution is -2.39. The minimum atomic E-state index is -0.478. The molecular formula is C14H29NO4. The Bertz CT molecular complexity index is 237. The van der Waals surface area contributed by atoms with Crippen LogP contribution in [-0.4, -0.2) is 72.9 Å². The Hall–Kier alpha value is -0.200. The van der Waals surface area contributed by atoms with Crippen LogP contribution in [0.4, 0.5) is 0 Å². The van der Waals surface area contributed by atoms with E-state index in [1.165, 1.54) is 0 Å². The highest BCUT2D eigenvalue weighted by Crippen LogP contribution is 2.21. The molecule has 4 atom stereocenters. The Morgan fingerprint density at radius 3 is 2.63 bits per heavy atom. The zero-order valence-corrected chi connectivity index (χ0v) is 12.4. The number of ether oxygens (including phenoxy) is 2. The van der Waals surface area contributed by atoms with Crippen LogP contribution in [0.1, 0.15) is 33.1 Å². The molecule has 0 radical (unpaired) electrons. The predicted molar refractivity (Wildman–Crippen MR) is 74.2 cm³/mol. The van der Waals surface area contributed by atoms with Crippen LogP contribution in [0.5, 0.6) is 0 Å². The molecule has 0 spiro atoms. The van der Waals surface area contributed by atoms with Gasteiger partial charge in [-0.25, -0.2) is 0 Å². The van der Waals surface area contributed by atoms with Gasteiger partial charge in [0.2, 0.25) is 0 Å². The summed E-state index contributed by atoms with van der Waals surface area (Å²) < 4.78 is 10.5. The summed E-state index contributed by atoms with van der Waals surface area (Å²) in [5.41, 5.74) is 0. The normalized spacial score (nSPS) is 25.4. The maximum Gasteiger partial charge on any atom is 0.0900 e. The van der Waals surface area contributed by atoms with Crippen molar-refractivity contribution in [3.63, 3.8) is 0 Å². The van der Waals surface area contributed by atoms with E-state index < -0.39 is 6.10 Å². The summed E-state index contributed by atoms with van der Waals surface area (Å²) in [6.45, 7) is 6.26. The second kappa shape index (κ2) is 8.87. The molecule has 0 aromatic rings. The summed E-state index contributed by atoms with van der Waals surface area (Å²) in [4.78, 5) is 2.27. The van der Waals surface area contributed by atoms with Crippen LogP contribution in [0, 0.1) is 0 Å². The topological polar surface area (TPSA) is 62.2 Å². The van der Waals surface area contributed by atoms with Crippen LogP contribution < -0.4 is 0 Å². The monoisotopic (exact) mass is 275 g/mol. The second-order valence-corrected chi connectivity index (χ2v) is 5.63. The summed E-state index contributed by atoms with van der Waals surface area (Å²) >= 11 is 0. The van der Waals surface area contributed by atoms with E-state index in [1.54, 1.807) is 7.11 Å². The van der Waals surface area contributed by atoms with Crippen molar-refractivity contribution >= 4 is 0 Å². The molecule has 1 rings (SSSR count). The lowest BCUT2D eigenvalue weighted by atomic mass is 10.1. The maximum atomic E-state index is 10.0. The predicted octanol–water partition coefficient (Wildman–Crippen LogP) is 0.634. The average molecular weight is 275 g/mol. The lowest BCUT2D eigenvalue weighted by molar-refractivity contribution is -0.0415. The van der Waals surface area contributed by atoms with Gasteiger partial charge in [-0.05, 0) is 39.7 Å². The van der Waals surface area contributed by atoms with Crippen molar-refractivity contribution < 1.29 is 19.7 Å². The minimum absolute atomic E-state index is 0.00601. The largest absolute Gasteiger partial charge is 0.393 e. The van der Waals surface area contributed by atoms with Gasteiger partial charge in [0.25, 0.3) is 0 Å². The van der Waals surface area contributed by atoms with E-state index in [-0.39, 0.29) is 12.2 Å². The first-order chi connectivity index (χ1) is 9.02. The molecule has 2 N–H and O–H groups in total. The molecule has 1 aliphatic rings. The van der Waals surface area contributed by atoms with Gasteiger partial charge in [-0.2, -0.15) is 0 Å². The molecule has 5 heteroatoms. The molecule has 1 aliphatic heterocycles. The van der Waals surface area contributed by atoms with E-state index in [1.807, 2.05) is 13.8 Å². The fourth-order valence-corrected chi connectivity index (χ4v) is 2.68. The number of hydrogen-bond donors (Lipinski definition) is 2. The van der Waals surface area contributed by atoms with Crippen LogP contribution in [0.15, 0.2) is 0 Å². The van der Waals surface area contributed by atoms with Crippen LogP contribution >= 0.6 is 0 Å². The van der Waals surface area contributed by atoms with Gasteiger partial charge in [0, 0.05) is 19.7 Å². The molecule has 0 aliphatic carbocycles. The van der Waals surface area contributed by atoms with Crippen molar-refractivity contribution in [1.82, 2.24) is 4.90 Å². The molecule has 0 unspecified atom stereocenters. The van der Waals surface area contributed by atoms with Crippen molar-refractivity contribution in [2.45, 2.75) is 57.5 Å². The second-order valence-electron chi connectivity index (χ2n) is 5.63. The molecular weight excluding hydrogens is 246 g/mol. The fourth-order valence-electron chi connectivity index (χ4n) is 2.68. The number of nitrogens with zero attached hydrogens (tertiary/aromatic N) is 1. The van der Waals surface area contributed by atoms with E-state index in [2.05, 4.69) is 4.90 Å². The Labute approximate surface area is 116 Å². The maximum absolute atomic E-state index is 10.0. The van der Waals surface area contributed by atoms with Crippen molar-refractivity contribution in [3.05, 3.63) is 0 Å². The summed E-state index contributed by atoms with van der Waals surface area (Å²) in [5, 5.41) is 19.5. The molecule has 114 valence electrons. The Morgan fingerprint density at radius 1 is 1.26 bits per heavy atom. The number of β-amino-alcohol motifs (C(OH)–C–C–N with tert-alkyl or cyclic N) is 1. The first kappa shape index (κ1) is 16.9. The van der Waals surface area contributed by atoms with Gasteiger partial charge in [0.05, 0.1) is 31.5 Å². The molecule has 0 saturated carbocycles. The Kier molecular flexibility index (Phi) is 7.87. The number of hydrogen-bond acceptors (Lipinski definition) is 5. The SMILES string of the molecule is COC[C@H](C)OC[C@H](O)CN1CCC[C@H]1C[C@H](C)O. The van der Waals surface area contributed by atoms with Gasteiger partial charge in [-0.1, -0.05) is 0 Å². The van der Waals surface area contributed by atoms with Crippen LogP contribution in [0.25, 0.3) is 0 Å². The Morgan fingerprint density at radius 2 is 2.00 bits per heavy atom. The molecule has 0 aromatic carbocycles. The summed E-state index contributed by atoms with van der Waals surface area (Å²) in [6, 6.07) is 0.394. The molecule has 1 heterocycles. The van der Waals surface area contributed by atoms with Crippen molar-refractivity contribution in [1.29, 1.82) is 0 Å². The highest BCUT2D eigenvalue weighted by atomic mass is 16.5. The molecule has 1 saturated heterocycles. The highest BCUT2D eigenvalue weighted by Gasteiger charge is 2.27. The smallest absolute Gasteiger partial charge is 0.0900 e. The van der Waals surface area contributed by atoms with Gasteiger partial charge in [-0.3, -0.25) is 4.90 Å². The summed E-state index contributed by atoms with van der Waals surface area (Å²) in [6.07, 6.45) is 2.29. The average Bonchev–Trinajstić information content (AvgIpc) is 2.73. The first-order valence-electron chi connectivity index (χ1n) is 7.23. The standard InChI is InChI=1S/C14H29NO4/c1-11(16)7-13-5-4-6-15(13)8-14(17)10-19-12(2)9-18-3/h11-14,16-17H,4-10H2,1-3H3/t11-,12-,13-,14+/m0/s1. The molecule has 0 amide bonds. The zero-order chi connectivity index (χ0) is 14.3. The molecule has 5 nitrogen and oxygen atoms in total. The summed E-state index contributed by atoms with van der Waals surface area (Å²) in [5.74, 6) is 0. The highest BCUT2D eigenvalue weighted by molar-refractivity contribution is 4.82.